The van der Waals surface area contributed by atoms with Crippen LogP contribution in [0.1, 0.15) is 52.4 Å². The number of hydrogen-bond acceptors (Lipinski definition) is 2. The Morgan fingerprint density at radius 1 is 1.23 bits per heavy atom. The molecule has 0 aromatic carbocycles. The maximum atomic E-state index is 8.39. The van der Waals surface area contributed by atoms with Crippen LogP contribution >= 0.6 is 0 Å². The van der Waals surface area contributed by atoms with Crippen LogP contribution in [-0.4, -0.2) is 12.7 Å². The van der Waals surface area contributed by atoms with E-state index in [-0.39, 0.29) is 5.60 Å². The number of ether oxygens (including phenoxy) is 1. The van der Waals surface area contributed by atoms with Gasteiger partial charge in [0.1, 0.15) is 0 Å². The van der Waals surface area contributed by atoms with Gasteiger partial charge in [0.05, 0.1) is 11.7 Å². The molecule has 76 valence electrons. The van der Waals surface area contributed by atoms with Gasteiger partial charge in [0.15, 0.2) is 0 Å². The van der Waals surface area contributed by atoms with Gasteiger partial charge in [-0.05, 0) is 32.1 Å². The molecule has 2 nitrogen and oxygen atoms in total. The molecule has 0 aliphatic carbocycles. The molecule has 0 spiro atoms. The first-order valence-corrected chi connectivity index (χ1v) is 5.16. The average molecular weight is 183 g/mol. The van der Waals surface area contributed by atoms with Crippen molar-refractivity contribution < 1.29 is 4.74 Å². The summed E-state index contributed by atoms with van der Waals surface area (Å²) in [5, 5.41) is 8.39. The molecule has 0 N–H and O–H groups in total. The molecule has 0 unspecified atom stereocenters. The Labute approximate surface area is 81.9 Å². The van der Waals surface area contributed by atoms with E-state index in [9.17, 15) is 0 Å². The van der Waals surface area contributed by atoms with Gasteiger partial charge in [-0.25, -0.2) is 0 Å². The summed E-state index contributed by atoms with van der Waals surface area (Å²) >= 11 is 0. The van der Waals surface area contributed by atoms with E-state index in [1.165, 1.54) is 0 Å². The quantitative estimate of drug-likeness (QED) is 0.567. The summed E-state index contributed by atoms with van der Waals surface area (Å²) in [7, 11) is 1.79. The largest absolute Gasteiger partial charge is 0.378 e. The maximum Gasteiger partial charge on any atom is 0.0673 e. The summed E-state index contributed by atoms with van der Waals surface area (Å²) in [6.07, 6.45) is 5.98. The van der Waals surface area contributed by atoms with Gasteiger partial charge in [-0.1, -0.05) is 13.8 Å². The second-order valence-electron chi connectivity index (χ2n) is 3.46. The van der Waals surface area contributed by atoms with Crippen molar-refractivity contribution in [3.63, 3.8) is 0 Å². The van der Waals surface area contributed by atoms with Crippen molar-refractivity contribution in [2.75, 3.05) is 7.11 Å². The molecule has 0 heterocycles. The Hall–Kier alpha value is -0.550. The van der Waals surface area contributed by atoms with E-state index in [0.717, 1.165) is 32.1 Å². The predicted octanol–water partition coefficient (Wildman–Crippen LogP) is 3.28. The normalized spacial score (nSPS) is 11.2. The zero-order chi connectivity index (χ0) is 10.2. The van der Waals surface area contributed by atoms with Crippen LogP contribution in [-0.2, 0) is 4.74 Å². The second-order valence-corrected chi connectivity index (χ2v) is 3.46. The molecule has 0 aromatic rings. The van der Waals surface area contributed by atoms with Crippen molar-refractivity contribution in [3.05, 3.63) is 0 Å². The number of methoxy groups -OCH3 is 1. The highest BCUT2D eigenvalue weighted by molar-refractivity contribution is 4.78. The van der Waals surface area contributed by atoms with Crippen LogP contribution in [0.15, 0.2) is 0 Å². The molecule has 0 bridgehead atoms. The van der Waals surface area contributed by atoms with Gasteiger partial charge in [0.2, 0.25) is 0 Å². The first kappa shape index (κ1) is 12.4. The summed E-state index contributed by atoms with van der Waals surface area (Å²) in [6.45, 7) is 4.33. The minimum absolute atomic E-state index is 0.0649. The van der Waals surface area contributed by atoms with Crippen LogP contribution < -0.4 is 0 Å². The molecule has 0 amide bonds. The molecule has 2 heteroatoms. The fraction of sp³-hybridized carbons (Fsp3) is 0.909. The summed E-state index contributed by atoms with van der Waals surface area (Å²) in [4.78, 5) is 0. The molecule has 0 aliphatic heterocycles. The number of rotatable bonds is 7. The lowest BCUT2D eigenvalue weighted by Crippen LogP contribution is -2.29. The third-order valence-corrected chi connectivity index (χ3v) is 2.89. The predicted molar refractivity (Wildman–Crippen MR) is 54.4 cm³/mol. The first-order chi connectivity index (χ1) is 6.24. The molecule has 13 heavy (non-hydrogen) atoms. The van der Waals surface area contributed by atoms with E-state index >= 15 is 0 Å². The Bertz CT molecular complexity index is 148. The van der Waals surface area contributed by atoms with Crippen LogP contribution in [0.25, 0.3) is 0 Å². The summed E-state index contributed by atoms with van der Waals surface area (Å²) in [5.74, 6) is 0. The van der Waals surface area contributed by atoms with E-state index in [4.69, 9.17) is 10.00 Å². The topological polar surface area (TPSA) is 33.0 Å². The zero-order valence-electron chi connectivity index (χ0n) is 9.10. The van der Waals surface area contributed by atoms with Crippen LogP contribution in [0.2, 0.25) is 0 Å². The number of nitriles is 1. The number of nitrogens with zero attached hydrogens (tertiary/aromatic N) is 1. The third kappa shape index (κ3) is 4.28. The van der Waals surface area contributed by atoms with Gasteiger partial charge < -0.3 is 4.74 Å². The highest BCUT2D eigenvalue weighted by atomic mass is 16.5. The maximum absolute atomic E-state index is 8.39. The molecule has 0 saturated heterocycles. The minimum atomic E-state index is 0.0649. The molecule has 0 radical (unpaired) electrons. The number of hydrogen-bond donors (Lipinski definition) is 0. The lowest BCUT2D eigenvalue weighted by atomic mass is 9.90. The smallest absolute Gasteiger partial charge is 0.0673 e. The van der Waals surface area contributed by atoms with Crippen molar-refractivity contribution in [3.8, 4) is 6.07 Å². The van der Waals surface area contributed by atoms with Gasteiger partial charge in [-0.15, -0.1) is 0 Å². The van der Waals surface area contributed by atoms with Gasteiger partial charge in [0.25, 0.3) is 0 Å². The highest BCUT2D eigenvalue weighted by Gasteiger charge is 2.24. The minimum Gasteiger partial charge on any atom is -0.378 e. The zero-order valence-corrected chi connectivity index (χ0v) is 9.10. The Morgan fingerprint density at radius 3 is 2.23 bits per heavy atom. The van der Waals surface area contributed by atoms with E-state index in [1.807, 2.05) is 0 Å². The summed E-state index contributed by atoms with van der Waals surface area (Å²) < 4.78 is 5.53. The third-order valence-electron chi connectivity index (χ3n) is 2.89. The van der Waals surface area contributed by atoms with Crippen molar-refractivity contribution >= 4 is 0 Å². The molecule has 0 aliphatic rings. The molecule has 0 fully saturated rings. The Balaban J connectivity index is 3.76. The van der Waals surface area contributed by atoms with Gasteiger partial charge in [-0.2, -0.15) is 5.26 Å². The second kappa shape index (κ2) is 6.91. The highest BCUT2D eigenvalue weighted by Crippen LogP contribution is 2.26. The van der Waals surface area contributed by atoms with Crippen molar-refractivity contribution in [2.45, 2.75) is 58.0 Å². The van der Waals surface area contributed by atoms with Crippen molar-refractivity contribution in [1.29, 1.82) is 5.26 Å². The summed E-state index contributed by atoms with van der Waals surface area (Å²) in [5.41, 5.74) is 0.0649. The fourth-order valence-corrected chi connectivity index (χ4v) is 1.65. The molecular weight excluding hydrogens is 162 g/mol. The van der Waals surface area contributed by atoms with E-state index in [2.05, 4.69) is 19.9 Å². The molecular formula is C11H21NO. The lowest BCUT2D eigenvalue weighted by molar-refractivity contribution is -0.0253. The Morgan fingerprint density at radius 2 is 1.85 bits per heavy atom. The first-order valence-electron chi connectivity index (χ1n) is 5.16. The van der Waals surface area contributed by atoms with E-state index in [0.29, 0.717) is 6.42 Å². The van der Waals surface area contributed by atoms with Gasteiger partial charge in [-0.3, -0.25) is 0 Å². The molecule has 0 aromatic heterocycles. The molecule has 0 saturated carbocycles. The van der Waals surface area contributed by atoms with Crippen LogP contribution in [0.3, 0.4) is 0 Å². The standard InChI is InChI=1S/C11H21NO/c1-4-11(5-2,13-3)9-7-6-8-10-12/h4-9H2,1-3H3. The Kier molecular flexibility index (Phi) is 6.62. The van der Waals surface area contributed by atoms with E-state index < -0.39 is 0 Å². The van der Waals surface area contributed by atoms with Crippen LogP contribution in [0.5, 0.6) is 0 Å². The monoisotopic (exact) mass is 183 g/mol. The molecule has 0 rings (SSSR count). The molecule has 0 atom stereocenters. The van der Waals surface area contributed by atoms with Crippen molar-refractivity contribution in [1.82, 2.24) is 0 Å². The van der Waals surface area contributed by atoms with Gasteiger partial charge in [0, 0.05) is 13.5 Å². The SMILES string of the molecule is CCC(CC)(CCCCC#N)OC. The lowest BCUT2D eigenvalue weighted by Gasteiger charge is -2.30. The van der Waals surface area contributed by atoms with Crippen molar-refractivity contribution in [2.24, 2.45) is 0 Å². The van der Waals surface area contributed by atoms with Crippen LogP contribution in [0.4, 0.5) is 0 Å². The van der Waals surface area contributed by atoms with E-state index in [1.54, 1.807) is 7.11 Å². The fourth-order valence-electron chi connectivity index (χ4n) is 1.65. The van der Waals surface area contributed by atoms with Gasteiger partial charge >= 0.3 is 0 Å². The number of unbranched alkanes of at least 4 members (excludes halogenated alkanes) is 2. The summed E-state index contributed by atoms with van der Waals surface area (Å²) in [6, 6.07) is 2.17. The van der Waals surface area contributed by atoms with Crippen LogP contribution in [0, 0.1) is 11.3 Å². The average Bonchev–Trinajstić information content (AvgIpc) is 2.20.